The fourth-order valence-electron chi connectivity index (χ4n) is 1.35. The summed E-state index contributed by atoms with van der Waals surface area (Å²) in [5.41, 5.74) is 6.92. The molecule has 1 aromatic rings. The van der Waals surface area contributed by atoms with Crippen molar-refractivity contribution in [2.24, 2.45) is 5.73 Å². The van der Waals surface area contributed by atoms with Gasteiger partial charge in [-0.05, 0) is 33.8 Å². The molecule has 2 N–H and O–H groups in total. The molecule has 0 fully saturated rings. The van der Waals surface area contributed by atoms with Crippen molar-refractivity contribution in [3.63, 3.8) is 0 Å². The molecule has 0 saturated heterocycles. The molecule has 1 aromatic heterocycles. The number of hydrogen-bond acceptors (Lipinski definition) is 3. The first kappa shape index (κ1) is 12.2. The number of hydrogen-bond donors (Lipinski definition) is 1. The number of aryl methyl sites for hydroxylation is 1. The van der Waals surface area contributed by atoms with Crippen LogP contribution in [-0.2, 0) is 11.3 Å². The summed E-state index contributed by atoms with van der Waals surface area (Å²) < 4.78 is 7.55. The summed E-state index contributed by atoms with van der Waals surface area (Å²) in [5, 5.41) is 4.18. The van der Waals surface area contributed by atoms with E-state index in [0.717, 1.165) is 12.2 Å². The van der Waals surface area contributed by atoms with Gasteiger partial charge in [-0.2, -0.15) is 5.10 Å². The van der Waals surface area contributed by atoms with Gasteiger partial charge in [-0.3, -0.25) is 4.68 Å². The van der Waals surface area contributed by atoms with E-state index in [1.165, 1.54) is 0 Å². The van der Waals surface area contributed by atoms with E-state index < -0.39 is 0 Å². The van der Waals surface area contributed by atoms with Crippen molar-refractivity contribution >= 4 is 0 Å². The van der Waals surface area contributed by atoms with Crippen LogP contribution in [0, 0.1) is 0 Å². The van der Waals surface area contributed by atoms with E-state index in [1.54, 1.807) is 6.20 Å². The smallest absolute Gasteiger partial charge is 0.0704 e. The second-order valence-corrected chi connectivity index (χ2v) is 4.60. The maximum atomic E-state index is 6.04. The van der Waals surface area contributed by atoms with Crippen LogP contribution < -0.4 is 5.73 Å². The maximum absolute atomic E-state index is 6.04. The Bertz CT molecular complexity index is 301. The molecule has 0 bridgehead atoms. The third kappa shape index (κ3) is 3.64. The topological polar surface area (TPSA) is 53.1 Å². The monoisotopic (exact) mass is 211 g/mol. The molecule has 86 valence electrons. The Morgan fingerprint density at radius 3 is 2.73 bits per heavy atom. The van der Waals surface area contributed by atoms with Gasteiger partial charge < -0.3 is 10.5 Å². The lowest BCUT2D eigenvalue weighted by Crippen LogP contribution is -2.27. The van der Waals surface area contributed by atoms with Crippen molar-refractivity contribution in [2.75, 3.05) is 6.61 Å². The third-order valence-corrected chi connectivity index (χ3v) is 2.12. The molecule has 1 atom stereocenters. The maximum Gasteiger partial charge on any atom is 0.0704 e. The molecule has 1 rings (SSSR count). The van der Waals surface area contributed by atoms with E-state index in [-0.39, 0.29) is 11.6 Å². The largest absolute Gasteiger partial charge is 0.374 e. The Kier molecular flexibility index (Phi) is 3.88. The fourth-order valence-corrected chi connectivity index (χ4v) is 1.35. The van der Waals surface area contributed by atoms with Gasteiger partial charge >= 0.3 is 0 Å². The number of nitrogens with zero attached hydrogens (tertiary/aromatic N) is 2. The van der Waals surface area contributed by atoms with Crippen molar-refractivity contribution in [2.45, 2.75) is 45.9 Å². The van der Waals surface area contributed by atoms with E-state index in [9.17, 15) is 0 Å². The minimum Gasteiger partial charge on any atom is -0.374 e. The van der Waals surface area contributed by atoms with Crippen LogP contribution in [-0.4, -0.2) is 22.0 Å². The molecule has 0 radical (unpaired) electrons. The molecule has 0 amide bonds. The average molecular weight is 211 g/mol. The summed E-state index contributed by atoms with van der Waals surface area (Å²) in [4.78, 5) is 0. The average Bonchev–Trinajstić information content (AvgIpc) is 2.60. The van der Waals surface area contributed by atoms with Crippen molar-refractivity contribution in [3.8, 4) is 0 Å². The summed E-state index contributed by atoms with van der Waals surface area (Å²) >= 11 is 0. The van der Waals surface area contributed by atoms with Crippen molar-refractivity contribution in [3.05, 3.63) is 18.0 Å². The third-order valence-electron chi connectivity index (χ3n) is 2.12. The van der Waals surface area contributed by atoms with Crippen LogP contribution in [0.1, 0.15) is 39.4 Å². The van der Waals surface area contributed by atoms with E-state index in [0.29, 0.717) is 6.61 Å². The molecular formula is C11H21N3O. The van der Waals surface area contributed by atoms with Gasteiger partial charge in [0.15, 0.2) is 0 Å². The molecule has 1 heterocycles. The zero-order chi connectivity index (χ0) is 11.5. The van der Waals surface area contributed by atoms with Crippen LogP contribution in [0.15, 0.2) is 12.3 Å². The van der Waals surface area contributed by atoms with Crippen LogP contribution in [0.5, 0.6) is 0 Å². The predicted octanol–water partition coefficient (Wildman–Crippen LogP) is 1.72. The zero-order valence-corrected chi connectivity index (χ0v) is 10.0. The van der Waals surface area contributed by atoms with Crippen LogP contribution in [0.25, 0.3) is 0 Å². The lowest BCUT2D eigenvalue weighted by Gasteiger charge is -2.22. The van der Waals surface area contributed by atoms with Gasteiger partial charge in [-0.1, -0.05) is 0 Å². The SMILES string of the molecule is CCn1nccc1C(N)COC(C)(C)C. The molecule has 0 aromatic carbocycles. The highest BCUT2D eigenvalue weighted by molar-refractivity contribution is 5.06. The molecule has 0 spiro atoms. The van der Waals surface area contributed by atoms with Gasteiger partial charge in [-0.25, -0.2) is 0 Å². The number of rotatable bonds is 4. The van der Waals surface area contributed by atoms with Gasteiger partial charge in [0.25, 0.3) is 0 Å². The van der Waals surface area contributed by atoms with E-state index in [2.05, 4.69) is 5.10 Å². The highest BCUT2D eigenvalue weighted by atomic mass is 16.5. The summed E-state index contributed by atoms with van der Waals surface area (Å²) in [6, 6.07) is 1.84. The molecule has 0 aliphatic carbocycles. The van der Waals surface area contributed by atoms with Crippen LogP contribution in [0.3, 0.4) is 0 Å². The first-order valence-corrected chi connectivity index (χ1v) is 5.35. The van der Waals surface area contributed by atoms with Crippen LogP contribution in [0.2, 0.25) is 0 Å². The van der Waals surface area contributed by atoms with Gasteiger partial charge in [0, 0.05) is 12.7 Å². The highest BCUT2D eigenvalue weighted by Gasteiger charge is 2.16. The van der Waals surface area contributed by atoms with Crippen molar-refractivity contribution in [1.82, 2.24) is 9.78 Å². The van der Waals surface area contributed by atoms with E-state index in [1.807, 2.05) is 38.4 Å². The van der Waals surface area contributed by atoms with Gasteiger partial charge in [0.05, 0.1) is 23.9 Å². The van der Waals surface area contributed by atoms with Gasteiger partial charge in [-0.15, -0.1) is 0 Å². The van der Waals surface area contributed by atoms with Crippen molar-refractivity contribution < 1.29 is 4.74 Å². The lowest BCUT2D eigenvalue weighted by atomic mass is 10.2. The number of ether oxygens (including phenoxy) is 1. The summed E-state index contributed by atoms with van der Waals surface area (Å²) in [5.74, 6) is 0. The molecule has 0 aliphatic rings. The normalized spacial score (nSPS) is 14.2. The Hall–Kier alpha value is -0.870. The standard InChI is InChI=1S/C11H21N3O/c1-5-14-10(6-7-13-14)9(12)8-15-11(2,3)4/h6-7,9H,5,8,12H2,1-4H3. The fraction of sp³-hybridized carbons (Fsp3) is 0.727. The second kappa shape index (κ2) is 4.77. The molecule has 0 aliphatic heterocycles. The minimum absolute atomic E-state index is 0.105. The number of aromatic nitrogens is 2. The van der Waals surface area contributed by atoms with Gasteiger partial charge in [0.1, 0.15) is 0 Å². The molecule has 0 saturated carbocycles. The first-order chi connectivity index (χ1) is 6.94. The Labute approximate surface area is 91.4 Å². The summed E-state index contributed by atoms with van der Waals surface area (Å²) in [7, 11) is 0. The molecule has 1 unspecified atom stereocenters. The minimum atomic E-state index is -0.144. The Morgan fingerprint density at radius 2 is 2.20 bits per heavy atom. The lowest BCUT2D eigenvalue weighted by molar-refractivity contribution is -0.0111. The first-order valence-electron chi connectivity index (χ1n) is 5.35. The summed E-state index contributed by atoms with van der Waals surface area (Å²) in [6.07, 6.45) is 1.77. The molecule has 4 nitrogen and oxygen atoms in total. The predicted molar refractivity (Wildman–Crippen MR) is 60.5 cm³/mol. The van der Waals surface area contributed by atoms with E-state index in [4.69, 9.17) is 10.5 Å². The van der Waals surface area contributed by atoms with Crippen molar-refractivity contribution in [1.29, 1.82) is 0 Å². The van der Waals surface area contributed by atoms with E-state index >= 15 is 0 Å². The van der Waals surface area contributed by atoms with Crippen LogP contribution >= 0.6 is 0 Å². The summed E-state index contributed by atoms with van der Waals surface area (Å²) in [6.45, 7) is 9.49. The quantitative estimate of drug-likeness (QED) is 0.825. The Balaban J connectivity index is 2.57. The Morgan fingerprint density at radius 1 is 1.53 bits per heavy atom. The second-order valence-electron chi connectivity index (χ2n) is 4.60. The molecule has 15 heavy (non-hydrogen) atoms. The molecular weight excluding hydrogens is 190 g/mol. The van der Waals surface area contributed by atoms with Gasteiger partial charge in [0.2, 0.25) is 0 Å². The highest BCUT2D eigenvalue weighted by Crippen LogP contribution is 2.14. The van der Waals surface area contributed by atoms with Crippen LogP contribution in [0.4, 0.5) is 0 Å². The number of nitrogens with two attached hydrogens (primary N) is 1. The molecule has 4 heteroatoms. The zero-order valence-electron chi connectivity index (χ0n) is 10.0.